The number of aliphatic hydroxyl groups excluding tert-OH is 1. The number of β-amino-alcohol motifs (C(OH)–C–C–N with tert-alkyl or cyclic N) is 1. The van der Waals surface area contributed by atoms with Gasteiger partial charge in [-0.05, 0) is 158 Å². The third kappa shape index (κ3) is 25.9. The first-order valence-corrected chi connectivity index (χ1v) is 26.4. The maximum absolute atomic E-state index is 9.57. The van der Waals surface area contributed by atoms with E-state index in [-0.39, 0.29) is 6.10 Å². The molecule has 5 fully saturated rings. The lowest BCUT2D eigenvalue weighted by Gasteiger charge is -2.42. The van der Waals surface area contributed by atoms with Crippen molar-refractivity contribution in [1.29, 1.82) is 0 Å². The van der Waals surface area contributed by atoms with Gasteiger partial charge in [0.2, 0.25) is 0 Å². The molecular weight excluding hydrogens is 807 g/mol. The highest BCUT2D eigenvalue weighted by Crippen LogP contribution is 2.37. The van der Waals surface area contributed by atoms with Crippen molar-refractivity contribution in [2.24, 2.45) is 56.7 Å². The molecular formula is C56H117N5O4. The smallest absolute Gasteiger partial charge is 0.0708 e. The first-order chi connectivity index (χ1) is 29.5. The standard InChI is InChI=1S/C13H27NO.C12H25NO.C11H23NO.C10H21NO.C10H21N/c1-10(2)15-12-7-11(13(3,4)5)8-14(6)9-12;1-6-14-11-7-10(12(2,3)4)8-13(5)9-11;1-11(2,3)9-6-10(13-5)8-12(4)7-9;1-10(2,3)8-5-9(12)7-11(4)6-8;1-10(2,3)9-6-5-7-11(4)8-9/h10-12H,7-9H2,1-6H3;10-11H,6-9H2,1-5H3;9-10H,6-8H2,1-5H3;8-9,12H,5-7H2,1-4H3;9H,5-8H2,1-4H3. The molecule has 0 spiro atoms. The maximum atomic E-state index is 9.57. The Kier molecular flexibility index (Phi) is 26.9. The van der Waals surface area contributed by atoms with Gasteiger partial charge in [-0.2, -0.15) is 0 Å². The number of hydrogen-bond donors (Lipinski definition) is 1. The Hall–Kier alpha value is -0.360. The molecule has 9 atom stereocenters. The molecule has 9 heteroatoms. The Labute approximate surface area is 407 Å². The van der Waals surface area contributed by atoms with Crippen molar-refractivity contribution in [3.63, 3.8) is 0 Å². The third-order valence-corrected chi connectivity index (χ3v) is 15.3. The fourth-order valence-corrected chi connectivity index (χ4v) is 10.5. The molecule has 5 aliphatic heterocycles. The van der Waals surface area contributed by atoms with Crippen LogP contribution in [0.4, 0.5) is 0 Å². The highest BCUT2D eigenvalue weighted by atomic mass is 16.5. The van der Waals surface area contributed by atoms with Gasteiger partial charge in [0.25, 0.3) is 0 Å². The summed E-state index contributed by atoms with van der Waals surface area (Å²) < 4.78 is 17.1. The molecule has 0 aromatic heterocycles. The summed E-state index contributed by atoms with van der Waals surface area (Å²) in [5, 5.41) is 9.57. The first kappa shape index (κ1) is 62.7. The molecule has 0 aliphatic carbocycles. The normalized spacial score (nSPS) is 31.0. The van der Waals surface area contributed by atoms with E-state index in [1.807, 2.05) is 7.11 Å². The van der Waals surface area contributed by atoms with E-state index in [1.165, 1.54) is 64.8 Å². The summed E-state index contributed by atoms with van der Waals surface area (Å²) in [4.78, 5) is 11.9. The van der Waals surface area contributed by atoms with Crippen molar-refractivity contribution in [2.75, 3.05) is 114 Å². The summed E-state index contributed by atoms with van der Waals surface area (Å²) in [6, 6.07) is 0. The van der Waals surface area contributed by atoms with Crippen molar-refractivity contribution in [1.82, 2.24) is 24.5 Å². The molecule has 5 aliphatic rings. The number of likely N-dealkylation sites (N-methyl/N-ethyl adjacent to an activating group) is 4. The molecule has 5 heterocycles. The summed E-state index contributed by atoms with van der Waals surface area (Å²) in [6.45, 7) is 53.5. The van der Waals surface area contributed by atoms with Crippen molar-refractivity contribution < 1.29 is 19.3 Å². The van der Waals surface area contributed by atoms with Gasteiger partial charge in [0.1, 0.15) is 0 Å². The fourth-order valence-electron chi connectivity index (χ4n) is 10.5. The van der Waals surface area contributed by atoms with Crippen LogP contribution in [-0.4, -0.2) is 175 Å². The second kappa shape index (κ2) is 27.9. The molecule has 5 saturated heterocycles. The zero-order valence-corrected chi connectivity index (χ0v) is 48.2. The van der Waals surface area contributed by atoms with Crippen LogP contribution in [0.25, 0.3) is 0 Å². The van der Waals surface area contributed by atoms with E-state index in [0.717, 1.165) is 69.4 Å². The van der Waals surface area contributed by atoms with E-state index >= 15 is 0 Å². The lowest BCUT2D eigenvalue weighted by Crippen LogP contribution is -2.46. The van der Waals surface area contributed by atoms with Gasteiger partial charge in [-0.3, -0.25) is 0 Å². The molecule has 0 saturated carbocycles. The molecule has 1 N–H and O–H groups in total. The quantitative estimate of drug-likeness (QED) is 0.290. The molecule has 9 nitrogen and oxygen atoms in total. The lowest BCUT2D eigenvalue weighted by atomic mass is 9.75. The van der Waals surface area contributed by atoms with Crippen LogP contribution >= 0.6 is 0 Å². The van der Waals surface area contributed by atoms with Crippen LogP contribution in [-0.2, 0) is 14.2 Å². The average molecular weight is 925 g/mol. The molecule has 0 amide bonds. The number of aliphatic hydroxyl groups is 1. The van der Waals surface area contributed by atoms with Gasteiger partial charge in [0.15, 0.2) is 0 Å². The highest BCUT2D eigenvalue weighted by molar-refractivity contribution is 4.88. The van der Waals surface area contributed by atoms with Crippen LogP contribution in [0, 0.1) is 56.7 Å². The van der Waals surface area contributed by atoms with Crippen LogP contribution in [0.5, 0.6) is 0 Å². The van der Waals surface area contributed by atoms with Gasteiger partial charge in [-0.25, -0.2) is 0 Å². The second-order valence-corrected chi connectivity index (χ2v) is 27.4. The third-order valence-electron chi connectivity index (χ3n) is 15.3. The number of methoxy groups -OCH3 is 1. The Morgan fingerprint density at radius 3 is 1.14 bits per heavy atom. The number of nitrogens with zero attached hydrogens (tertiary/aromatic N) is 5. The molecule has 9 unspecified atom stereocenters. The van der Waals surface area contributed by atoms with E-state index in [0.29, 0.717) is 57.4 Å². The minimum Gasteiger partial charge on any atom is -0.392 e. The Morgan fingerprint density at radius 2 is 0.800 bits per heavy atom. The van der Waals surface area contributed by atoms with Gasteiger partial charge < -0.3 is 43.8 Å². The average Bonchev–Trinajstić information content (AvgIpc) is 3.13. The van der Waals surface area contributed by atoms with E-state index < -0.39 is 0 Å². The SMILES string of the molecule is CC(C)OC1CC(C(C)(C)C)CN(C)C1.CCOC1CC(C(C)(C)C)CN(C)C1.CN1CC(O)CC(C(C)(C)C)C1.CN1CCCC(C(C)(C)C)C1.COC1CC(C(C)(C)C)CN(C)C1. The highest BCUT2D eigenvalue weighted by Gasteiger charge is 2.36. The largest absolute Gasteiger partial charge is 0.392 e. The topological polar surface area (TPSA) is 64.1 Å². The summed E-state index contributed by atoms with van der Waals surface area (Å²) in [5.74, 6) is 3.81. The Bertz CT molecular complexity index is 1230. The van der Waals surface area contributed by atoms with E-state index in [4.69, 9.17) is 14.2 Å². The molecule has 0 aromatic rings. The van der Waals surface area contributed by atoms with Crippen LogP contribution in [0.2, 0.25) is 0 Å². The number of likely N-dealkylation sites (tertiary alicyclic amines) is 5. The monoisotopic (exact) mass is 924 g/mol. The van der Waals surface area contributed by atoms with E-state index in [9.17, 15) is 5.11 Å². The summed E-state index contributed by atoms with van der Waals surface area (Å²) in [5.41, 5.74) is 2.05. The minimum absolute atomic E-state index is 0.118. The number of ether oxygens (including phenoxy) is 3. The van der Waals surface area contributed by atoms with Gasteiger partial charge in [-0.15, -0.1) is 0 Å². The van der Waals surface area contributed by atoms with Crippen LogP contribution in [0.3, 0.4) is 0 Å². The molecule has 5 rings (SSSR count). The van der Waals surface area contributed by atoms with E-state index in [1.54, 1.807) is 0 Å². The van der Waals surface area contributed by atoms with Crippen LogP contribution < -0.4 is 0 Å². The predicted molar refractivity (Wildman–Crippen MR) is 282 cm³/mol. The molecule has 0 bridgehead atoms. The number of piperidine rings is 5. The summed E-state index contributed by atoms with van der Waals surface area (Å²) in [7, 11) is 12.7. The van der Waals surface area contributed by atoms with Gasteiger partial charge >= 0.3 is 0 Å². The Morgan fingerprint density at radius 1 is 0.462 bits per heavy atom. The van der Waals surface area contributed by atoms with Crippen molar-refractivity contribution >= 4 is 0 Å². The van der Waals surface area contributed by atoms with Gasteiger partial charge in [-0.1, -0.05) is 104 Å². The zero-order valence-electron chi connectivity index (χ0n) is 48.2. The number of rotatable bonds is 5. The zero-order chi connectivity index (χ0) is 50.3. The summed E-state index contributed by atoms with van der Waals surface area (Å²) >= 11 is 0. The first-order valence-electron chi connectivity index (χ1n) is 26.4. The molecule has 0 radical (unpaired) electrons. The maximum Gasteiger partial charge on any atom is 0.0708 e. The Balaban J connectivity index is 0.000000408. The molecule has 390 valence electrons. The molecule has 0 aromatic carbocycles. The van der Waals surface area contributed by atoms with Crippen molar-refractivity contribution in [3.8, 4) is 0 Å². The van der Waals surface area contributed by atoms with Gasteiger partial charge in [0.05, 0.1) is 30.5 Å². The predicted octanol–water partition coefficient (Wildman–Crippen LogP) is 10.9. The number of hydrogen-bond acceptors (Lipinski definition) is 9. The van der Waals surface area contributed by atoms with Crippen molar-refractivity contribution in [3.05, 3.63) is 0 Å². The fraction of sp³-hybridized carbons (Fsp3) is 1.00. The minimum atomic E-state index is -0.118. The molecule has 65 heavy (non-hydrogen) atoms. The van der Waals surface area contributed by atoms with E-state index in [2.05, 4.69) is 184 Å². The van der Waals surface area contributed by atoms with Crippen LogP contribution in [0.15, 0.2) is 0 Å². The van der Waals surface area contributed by atoms with Gasteiger partial charge in [0, 0.05) is 72.6 Å². The summed E-state index contributed by atoms with van der Waals surface area (Å²) in [6.07, 6.45) is 8.96. The van der Waals surface area contributed by atoms with Crippen molar-refractivity contribution in [2.45, 2.75) is 194 Å². The lowest BCUT2D eigenvalue weighted by molar-refractivity contribution is -0.0589. The van der Waals surface area contributed by atoms with Crippen LogP contribution in [0.1, 0.15) is 163 Å². The second-order valence-electron chi connectivity index (χ2n) is 27.4.